The minimum atomic E-state index is -4.65. The van der Waals surface area contributed by atoms with E-state index in [2.05, 4.69) is 10.2 Å². The molecule has 0 spiro atoms. The number of carboxylic acid groups (broad SMARTS) is 1. The molecule has 0 amide bonds. The van der Waals surface area contributed by atoms with Gasteiger partial charge in [0.25, 0.3) is 0 Å². The molecule has 0 aliphatic heterocycles. The summed E-state index contributed by atoms with van der Waals surface area (Å²) in [6.07, 6.45) is -3.29. The highest BCUT2D eigenvalue weighted by Crippen LogP contribution is 2.33. The molecule has 2 aromatic carbocycles. The first-order valence-electron chi connectivity index (χ1n) is 6.85. The molecule has 25 heavy (non-hydrogen) atoms. The lowest BCUT2D eigenvalue weighted by Crippen LogP contribution is -2.21. The summed E-state index contributed by atoms with van der Waals surface area (Å²) in [5.41, 5.74) is 9.94. The van der Waals surface area contributed by atoms with E-state index in [-0.39, 0.29) is 11.5 Å². The number of aromatic carboxylic acids is 1. The van der Waals surface area contributed by atoms with Gasteiger partial charge in [-0.1, -0.05) is 24.3 Å². The molecule has 0 aromatic heterocycles. The van der Waals surface area contributed by atoms with E-state index in [0.29, 0.717) is 17.2 Å². The highest BCUT2D eigenvalue weighted by Gasteiger charge is 2.31. The summed E-state index contributed by atoms with van der Waals surface area (Å²) in [5, 5.41) is 16.0. The molecular weight excluding hydrogens is 337 g/mol. The number of nitrogens with zero attached hydrogens (tertiary/aromatic N) is 2. The largest absolute Gasteiger partial charge is 0.478 e. The summed E-state index contributed by atoms with van der Waals surface area (Å²) in [6, 6.07) is 8.93. The van der Waals surface area contributed by atoms with Crippen LogP contribution < -0.4 is 11.5 Å². The van der Waals surface area contributed by atoms with Gasteiger partial charge in [0.15, 0.2) is 0 Å². The smallest absolute Gasteiger partial charge is 0.416 e. The number of hydrogen-bond acceptors (Lipinski definition) is 3. The second kappa shape index (κ2) is 7.04. The van der Waals surface area contributed by atoms with E-state index in [9.17, 15) is 18.0 Å². The van der Waals surface area contributed by atoms with Crippen LogP contribution >= 0.6 is 0 Å². The molecule has 5 N–H and O–H groups in total. The average molecular weight is 350 g/mol. The molecule has 0 aliphatic carbocycles. The number of rotatable bonds is 4. The third kappa shape index (κ3) is 4.80. The van der Waals surface area contributed by atoms with Crippen molar-refractivity contribution in [3.05, 3.63) is 59.2 Å². The topological polar surface area (TPSA) is 114 Å². The van der Waals surface area contributed by atoms with Crippen molar-refractivity contribution in [2.24, 2.45) is 21.7 Å². The molecule has 0 heterocycles. The Morgan fingerprint density at radius 3 is 2.20 bits per heavy atom. The van der Waals surface area contributed by atoms with Crippen LogP contribution in [0, 0.1) is 0 Å². The van der Waals surface area contributed by atoms with Crippen LogP contribution in [0.2, 0.25) is 0 Å². The van der Waals surface area contributed by atoms with E-state index in [4.69, 9.17) is 16.6 Å². The molecule has 9 heteroatoms. The molecule has 0 aliphatic rings. The van der Waals surface area contributed by atoms with Crippen molar-refractivity contribution in [2.45, 2.75) is 6.18 Å². The van der Waals surface area contributed by atoms with E-state index in [1.165, 1.54) is 24.4 Å². The van der Waals surface area contributed by atoms with Crippen molar-refractivity contribution in [1.82, 2.24) is 0 Å². The van der Waals surface area contributed by atoms with Crippen LogP contribution in [-0.4, -0.2) is 23.2 Å². The van der Waals surface area contributed by atoms with Crippen molar-refractivity contribution in [1.29, 1.82) is 0 Å². The zero-order chi connectivity index (χ0) is 18.6. The van der Waals surface area contributed by atoms with Crippen molar-refractivity contribution < 1.29 is 23.1 Å². The van der Waals surface area contributed by atoms with Crippen molar-refractivity contribution in [2.75, 3.05) is 0 Å². The summed E-state index contributed by atoms with van der Waals surface area (Å²) in [5.74, 6) is -1.65. The van der Waals surface area contributed by atoms with Crippen LogP contribution in [-0.2, 0) is 6.18 Å². The quantitative estimate of drug-likeness (QED) is 0.447. The molecule has 0 saturated heterocycles. The lowest BCUT2D eigenvalue weighted by atomic mass is 9.98. The standard InChI is InChI=1S/C16H13F3N4O2/c17-16(18,19)13-6-11(5-12(7-13)14(24)25)10-3-1-9(2-4-10)8-22-23-15(20)21/h1-8H,(H,24,25)(H4,20,21,23). The van der Waals surface area contributed by atoms with Crippen LogP contribution in [0.4, 0.5) is 13.2 Å². The van der Waals surface area contributed by atoms with Crippen molar-refractivity contribution >= 4 is 18.1 Å². The minimum Gasteiger partial charge on any atom is -0.478 e. The van der Waals surface area contributed by atoms with Gasteiger partial charge in [-0.25, -0.2) is 4.79 Å². The van der Waals surface area contributed by atoms with Gasteiger partial charge in [-0.3, -0.25) is 0 Å². The predicted octanol–water partition coefficient (Wildman–Crippen LogP) is 2.68. The summed E-state index contributed by atoms with van der Waals surface area (Å²) in [7, 11) is 0. The predicted molar refractivity (Wildman–Crippen MR) is 87.2 cm³/mol. The summed E-state index contributed by atoms with van der Waals surface area (Å²) >= 11 is 0. The first kappa shape index (κ1) is 18.0. The fourth-order valence-corrected chi connectivity index (χ4v) is 2.01. The van der Waals surface area contributed by atoms with Gasteiger partial charge in [0.1, 0.15) is 0 Å². The van der Waals surface area contributed by atoms with E-state index in [0.717, 1.165) is 6.07 Å². The maximum atomic E-state index is 13.0. The van der Waals surface area contributed by atoms with Gasteiger partial charge in [0.2, 0.25) is 5.96 Å². The van der Waals surface area contributed by atoms with Gasteiger partial charge in [-0.15, -0.1) is 5.10 Å². The Kier molecular flexibility index (Phi) is 5.06. The zero-order valence-corrected chi connectivity index (χ0v) is 12.7. The van der Waals surface area contributed by atoms with Crippen LogP contribution in [0.5, 0.6) is 0 Å². The van der Waals surface area contributed by atoms with Gasteiger partial charge in [0.05, 0.1) is 17.3 Å². The van der Waals surface area contributed by atoms with Crippen LogP contribution in [0.25, 0.3) is 11.1 Å². The first-order chi connectivity index (χ1) is 11.7. The number of nitrogens with two attached hydrogens (primary N) is 2. The Balaban J connectivity index is 2.41. The molecule has 2 rings (SSSR count). The van der Waals surface area contributed by atoms with Crippen LogP contribution in [0.3, 0.4) is 0 Å². The van der Waals surface area contributed by atoms with E-state index in [1.54, 1.807) is 12.1 Å². The normalized spacial score (nSPS) is 11.5. The Morgan fingerprint density at radius 1 is 1.04 bits per heavy atom. The Hall–Kier alpha value is -3.36. The van der Waals surface area contributed by atoms with Crippen molar-refractivity contribution in [3.63, 3.8) is 0 Å². The van der Waals surface area contributed by atoms with Gasteiger partial charge < -0.3 is 16.6 Å². The lowest BCUT2D eigenvalue weighted by molar-refractivity contribution is -0.137. The minimum absolute atomic E-state index is 0.139. The van der Waals surface area contributed by atoms with E-state index >= 15 is 0 Å². The van der Waals surface area contributed by atoms with Gasteiger partial charge in [0, 0.05) is 0 Å². The van der Waals surface area contributed by atoms with Gasteiger partial charge in [-0.05, 0) is 34.9 Å². The fourth-order valence-electron chi connectivity index (χ4n) is 2.01. The maximum Gasteiger partial charge on any atom is 0.416 e. The van der Waals surface area contributed by atoms with Crippen LogP contribution in [0.15, 0.2) is 52.7 Å². The summed E-state index contributed by atoms with van der Waals surface area (Å²) in [4.78, 5) is 11.1. The SMILES string of the molecule is NC(N)=NN=Cc1ccc(-c2cc(C(=O)O)cc(C(F)(F)F)c2)cc1. The van der Waals surface area contributed by atoms with Crippen molar-refractivity contribution in [3.8, 4) is 11.1 Å². The highest BCUT2D eigenvalue weighted by molar-refractivity contribution is 5.90. The van der Waals surface area contributed by atoms with Gasteiger partial charge >= 0.3 is 12.1 Å². The fraction of sp³-hybridized carbons (Fsp3) is 0.0625. The molecule has 0 atom stereocenters. The maximum absolute atomic E-state index is 13.0. The first-order valence-corrected chi connectivity index (χ1v) is 6.85. The Morgan fingerprint density at radius 2 is 1.68 bits per heavy atom. The second-order valence-electron chi connectivity index (χ2n) is 4.99. The van der Waals surface area contributed by atoms with E-state index < -0.39 is 23.3 Å². The van der Waals surface area contributed by atoms with Gasteiger partial charge in [-0.2, -0.15) is 18.3 Å². The Bertz CT molecular complexity index is 839. The summed E-state index contributed by atoms with van der Waals surface area (Å²) in [6.45, 7) is 0. The third-order valence-electron chi connectivity index (χ3n) is 3.13. The highest BCUT2D eigenvalue weighted by atomic mass is 19.4. The molecule has 130 valence electrons. The Labute approximate surface area is 140 Å². The number of carbonyl (C=O) groups is 1. The summed E-state index contributed by atoms with van der Waals surface area (Å²) < 4.78 is 38.9. The van der Waals surface area contributed by atoms with Crippen LogP contribution in [0.1, 0.15) is 21.5 Å². The molecule has 0 bridgehead atoms. The third-order valence-corrected chi connectivity index (χ3v) is 3.13. The molecule has 2 aromatic rings. The monoisotopic (exact) mass is 350 g/mol. The van der Waals surface area contributed by atoms with E-state index in [1.807, 2.05) is 0 Å². The second-order valence-corrected chi connectivity index (χ2v) is 4.99. The lowest BCUT2D eigenvalue weighted by Gasteiger charge is -2.11. The number of carboxylic acids is 1. The molecule has 0 unspecified atom stereocenters. The number of hydrogen-bond donors (Lipinski definition) is 3. The molecule has 6 nitrogen and oxygen atoms in total. The molecule has 0 saturated carbocycles. The molecular formula is C16H13F3N4O2. The number of alkyl halides is 3. The zero-order valence-electron chi connectivity index (χ0n) is 12.7. The number of benzene rings is 2. The number of guanidine groups is 1. The average Bonchev–Trinajstić information content (AvgIpc) is 2.54. The molecule has 0 radical (unpaired) electrons. The molecule has 0 fully saturated rings. The number of halogens is 3.